The molecule has 12 heteroatoms. The average Bonchev–Trinajstić information content (AvgIpc) is 3.59. The fourth-order valence-electron chi connectivity index (χ4n) is 5.24. The number of carbonyl (C=O) groups is 5. The molecule has 0 radical (unpaired) electrons. The van der Waals surface area contributed by atoms with E-state index >= 15 is 0 Å². The van der Waals surface area contributed by atoms with Crippen LogP contribution in [0.3, 0.4) is 0 Å². The molecule has 4 rings (SSSR count). The minimum Gasteiger partial charge on any atom is -0.478 e. The Labute approximate surface area is 263 Å². The van der Waals surface area contributed by atoms with E-state index in [9.17, 15) is 34.2 Å². The van der Waals surface area contributed by atoms with Crippen LogP contribution in [0.25, 0.3) is 6.08 Å². The maximum atomic E-state index is 13.8. The third kappa shape index (κ3) is 6.68. The van der Waals surface area contributed by atoms with Gasteiger partial charge in [0.1, 0.15) is 17.8 Å². The number of amides is 3. The highest BCUT2D eigenvalue weighted by Crippen LogP contribution is 2.36. The molecule has 43 heavy (non-hydrogen) atoms. The van der Waals surface area contributed by atoms with Gasteiger partial charge in [-0.2, -0.15) is 0 Å². The second-order valence-electron chi connectivity index (χ2n) is 11.8. The zero-order valence-electron chi connectivity index (χ0n) is 24.3. The molecule has 0 bridgehead atoms. The largest absolute Gasteiger partial charge is 0.478 e. The zero-order chi connectivity index (χ0) is 31.7. The van der Waals surface area contributed by atoms with E-state index in [2.05, 4.69) is 27.9 Å². The van der Waals surface area contributed by atoms with Crippen LogP contribution in [0.15, 0.2) is 48.5 Å². The Balaban J connectivity index is 1.47. The second kappa shape index (κ2) is 12.3. The number of carbonyl (C=O) groups excluding carboxylic acids is 3. The summed E-state index contributed by atoms with van der Waals surface area (Å²) in [6.45, 7) is 5.91. The molecule has 2 heterocycles. The summed E-state index contributed by atoms with van der Waals surface area (Å²) < 4.78 is 6.30. The summed E-state index contributed by atoms with van der Waals surface area (Å²) in [6, 6.07) is 10.6. The standard InChI is InChI=1S/C31H34IN3O8/c1-30(2,3)25(27(38)35-15-5-6-22(35)26(37)34(4)21-11-9-20(32)10-12-21)33-24(36)14-8-18-7-13-23-19(16-18)17-31(43-23,28(39)40)29(41)42/h7-14,16,22,25H,5-6,15,17H2,1-4H3,(H,33,36)(H,39,40)(H,41,42)/t22-,25+/m0/s1. The number of hydrogen-bond acceptors (Lipinski definition) is 6. The monoisotopic (exact) mass is 703 g/mol. The molecule has 2 aliphatic rings. The molecule has 0 unspecified atom stereocenters. The number of fused-ring (bicyclic) bond motifs is 1. The van der Waals surface area contributed by atoms with Gasteiger partial charge in [0.2, 0.25) is 17.7 Å². The van der Waals surface area contributed by atoms with Crippen LogP contribution in [0.2, 0.25) is 0 Å². The number of carboxylic acid groups (broad SMARTS) is 2. The number of anilines is 1. The third-order valence-corrected chi connectivity index (χ3v) is 8.41. The van der Waals surface area contributed by atoms with Crippen LogP contribution in [0, 0.1) is 8.99 Å². The molecule has 0 spiro atoms. The van der Waals surface area contributed by atoms with Gasteiger partial charge in [0.25, 0.3) is 0 Å². The molecule has 0 aromatic heterocycles. The summed E-state index contributed by atoms with van der Waals surface area (Å²) in [5, 5.41) is 21.7. The van der Waals surface area contributed by atoms with Crippen molar-refractivity contribution < 1.29 is 38.9 Å². The zero-order valence-corrected chi connectivity index (χ0v) is 26.5. The van der Waals surface area contributed by atoms with Crippen molar-refractivity contribution in [1.29, 1.82) is 0 Å². The number of halogens is 1. The van der Waals surface area contributed by atoms with Crippen LogP contribution >= 0.6 is 22.6 Å². The number of benzene rings is 2. The summed E-state index contributed by atoms with van der Waals surface area (Å²) in [6.07, 6.45) is 3.56. The number of likely N-dealkylation sites (tertiary alicyclic amines) is 1. The number of nitrogens with zero attached hydrogens (tertiary/aromatic N) is 2. The van der Waals surface area contributed by atoms with Gasteiger partial charge in [-0.1, -0.05) is 26.8 Å². The number of nitrogens with one attached hydrogen (secondary N) is 1. The van der Waals surface area contributed by atoms with Crippen LogP contribution in [0.1, 0.15) is 44.7 Å². The van der Waals surface area contributed by atoms with Crippen molar-refractivity contribution in [2.45, 2.75) is 57.7 Å². The summed E-state index contributed by atoms with van der Waals surface area (Å²) in [7, 11) is 1.69. The first-order chi connectivity index (χ1) is 20.1. The lowest BCUT2D eigenvalue weighted by Gasteiger charge is -2.36. The number of likely N-dealkylation sites (N-methyl/N-ethyl adjacent to an activating group) is 1. The van der Waals surface area contributed by atoms with Gasteiger partial charge in [-0.15, -0.1) is 0 Å². The highest BCUT2D eigenvalue weighted by atomic mass is 127. The van der Waals surface area contributed by atoms with Crippen LogP contribution in [-0.2, 0) is 30.4 Å². The van der Waals surface area contributed by atoms with Crippen LogP contribution in [0.4, 0.5) is 5.69 Å². The fourth-order valence-corrected chi connectivity index (χ4v) is 5.60. The van der Waals surface area contributed by atoms with E-state index < -0.39 is 40.9 Å². The minimum atomic E-state index is -2.40. The third-order valence-electron chi connectivity index (χ3n) is 7.69. The van der Waals surface area contributed by atoms with E-state index in [1.807, 2.05) is 45.0 Å². The molecule has 3 amide bonds. The molecule has 2 aromatic carbocycles. The van der Waals surface area contributed by atoms with Crippen LogP contribution in [-0.4, -0.2) is 76.1 Å². The quantitative estimate of drug-likeness (QED) is 0.215. The predicted molar refractivity (Wildman–Crippen MR) is 167 cm³/mol. The maximum Gasteiger partial charge on any atom is 0.360 e. The van der Waals surface area contributed by atoms with E-state index in [4.69, 9.17) is 4.74 Å². The van der Waals surface area contributed by atoms with Crippen molar-refractivity contribution in [3.8, 4) is 5.75 Å². The number of hydrogen-bond donors (Lipinski definition) is 3. The number of aliphatic carboxylic acids is 2. The first-order valence-electron chi connectivity index (χ1n) is 13.7. The topological polar surface area (TPSA) is 154 Å². The van der Waals surface area contributed by atoms with E-state index in [1.54, 1.807) is 29.0 Å². The van der Waals surface area contributed by atoms with E-state index in [0.717, 1.165) is 9.26 Å². The van der Waals surface area contributed by atoms with Gasteiger partial charge in [-0.3, -0.25) is 14.4 Å². The van der Waals surface area contributed by atoms with Crippen LogP contribution < -0.4 is 15.0 Å². The molecular weight excluding hydrogens is 669 g/mol. The van der Waals surface area contributed by atoms with Crippen molar-refractivity contribution in [2.75, 3.05) is 18.5 Å². The summed E-state index contributed by atoms with van der Waals surface area (Å²) in [5.41, 5.74) is -1.43. The van der Waals surface area contributed by atoms with Gasteiger partial charge in [0.05, 0.1) is 0 Å². The lowest BCUT2D eigenvalue weighted by atomic mass is 9.85. The number of carboxylic acids is 2. The predicted octanol–water partition coefficient (Wildman–Crippen LogP) is 3.33. The molecule has 0 aliphatic carbocycles. The van der Waals surface area contributed by atoms with E-state index in [-0.39, 0.29) is 24.0 Å². The van der Waals surface area contributed by atoms with Crippen molar-refractivity contribution in [1.82, 2.24) is 10.2 Å². The Morgan fingerprint density at radius 2 is 1.74 bits per heavy atom. The van der Waals surface area contributed by atoms with Crippen molar-refractivity contribution in [3.05, 3.63) is 63.2 Å². The molecule has 0 saturated carbocycles. The molecule has 228 valence electrons. The Kier molecular flexibility index (Phi) is 9.19. The van der Waals surface area contributed by atoms with E-state index in [0.29, 0.717) is 30.5 Å². The summed E-state index contributed by atoms with van der Waals surface area (Å²) in [5.74, 6) is -4.13. The molecule has 1 fully saturated rings. The summed E-state index contributed by atoms with van der Waals surface area (Å²) in [4.78, 5) is 66.6. The lowest BCUT2D eigenvalue weighted by molar-refractivity contribution is -0.170. The minimum absolute atomic E-state index is 0.146. The highest BCUT2D eigenvalue weighted by Gasteiger charge is 2.54. The molecular formula is C31H34IN3O8. The number of rotatable bonds is 8. The highest BCUT2D eigenvalue weighted by molar-refractivity contribution is 14.1. The van der Waals surface area contributed by atoms with Gasteiger partial charge in [-0.25, -0.2) is 9.59 Å². The van der Waals surface area contributed by atoms with E-state index in [1.165, 1.54) is 18.2 Å². The van der Waals surface area contributed by atoms with Gasteiger partial charge in [0.15, 0.2) is 0 Å². The second-order valence-corrected chi connectivity index (χ2v) is 13.0. The average molecular weight is 704 g/mol. The Morgan fingerprint density at radius 3 is 2.35 bits per heavy atom. The Bertz CT molecular complexity index is 1470. The SMILES string of the molecule is CN(C(=O)[C@@H]1CCCN1C(=O)[C@@H](NC(=O)C=Cc1ccc2c(c1)CC(C(=O)O)(C(=O)O)O2)C(C)(C)C)c1ccc(I)cc1. The van der Waals surface area contributed by atoms with Gasteiger partial charge >= 0.3 is 17.5 Å². The molecule has 2 aliphatic heterocycles. The fraction of sp³-hybridized carbons (Fsp3) is 0.387. The summed E-state index contributed by atoms with van der Waals surface area (Å²) >= 11 is 2.19. The van der Waals surface area contributed by atoms with Crippen molar-refractivity contribution in [3.63, 3.8) is 0 Å². The van der Waals surface area contributed by atoms with Gasteiger partial charge in [0, 0.05) is 40.9 Å². The smallest absolute Gasteiger partial charge is 0.360 e. The number of ether oxygens (including phenoxy) is 1. The van der Waals surface area contributed by atoms with Crippen molar-refractivity contribution >= 4 is 64.0 Å². The van der Waals surface area contributed by atoms with Crippen LogP contribution in [0.5, 0.6) is 5.75 Å². The Morgan fingerprint density at radius 1 is 1.09 bits per heavy atom. The normalized spacial score (nSPS) is 18.1. The Hall–Kier alpha value is -3.94. The lowest BCUT2D eigenvalue weighted by Crippen LogP contribution is -2.57. The van der Waals surface area contributed by atoms with Gasteiger partial charge in [-0.05, 0) is 88.9 Å². The molecule has 3 N–H and O–H groups in total. The maximum absolute atomic E-state index is 13.8. The van der Waals surface area contributed by atoms with Gasteiger partial charge < -0.3 is 30.1 Å². The molecule has 2 aromatic rings. The first-order valence-corrected chi connectivity index (χ1v) is 14.8. The molecule has 2 atom stereocenters. The molecule has 11 nitrogen and oxygen atoms in total. The first kappa shape index (κ1) is 32.0. The van der Waals surface area contributed by atoms with Crippen molar-refractivity contribution in [2.24, 2.45) is 5.41 Å². The molecule has 1 saturated heterocycles.